The lowest BCUT2D eigenvalue weighted by Gasteiger charge is -1.99. The first-order valence-corrected chi connectivity index (χ1v) is 9.72. The molecule has 27 heavy (non-hydrogen) atoms. The molecular weight excluding hydrogens is 386 g/mol. The first-order chi connectivity index (χ1) is 13.0. The van der Waals surface area contributed by atoms with E-state index in [2.05, 4.69) is 20.3 Å². The van der Waals surface area contributed by atoms with E-state index in [1.54, 1.807) is 6.07 Å². The van der Waals surface area contributed by atoms with Crippen molar-refractivity contribution < 1.29 is 9.72 Å². The molecule has 0 aliphatic carbocycles. The van der Waals surface area contributed by atoms with Gasteiger partial charge in [-0.05, 0) is 30.7 Å². The van der Waals surface area contributed by atoms with Crippen molar-refractivity contribution in [2.24, 2.45) is 0 Å². The number of nitrogens with one attached hydrogen (secondary N) is 2. The van der Waals surface area contributed by atoms with Crippen LogP contribution in [0.2, 0.25) is 0 Å². The van der Waals surface area contributed by atoms with E-state index in [-0.39, 0.29) is 17.3 Å². The number of fused-ring (bicyclic) bond motifs is 2. The Kier molecular flexibility index (Phi) is 4.50. The number of hydrogen-bond donors (Lipinski definition) is 2. The number of amides is 1. The fourth-order valence-corrected chi connectivity index (χ4v) is 4.09. The Bertz CT molecular complexity index is 1180. The molecule has 4 aromatic rings. The number of H-pyrrole nitrogens is 1. The summed E-state index contributed by atoms with van der Waals surface area (Å²) in [4.78, 5) is 34.4. The van der Waals surface area contributed by atoms with Crippen LogP contribution in [-0.4, -0.2) is 31.5 Å². The number of non-ortho nitro benzene ring substituents is 1. The lowest BCUT2D eigenvalue weighted by atomic mass is 10.2. The number of imidazole rings is 1. The van der Waals surface area contributed by atoms with Gasteiger partial charge in [-0.1, -0.05) is 29.2 Å². The van der Waals surface area contributed by atoms with Gasteiger partial charge in [0.2, 0.25) is 5.91 Å². The highest BCUT2D eigenvalue weighted by Crippen LogP contribution is 2.29. The van der Waals surface area contributed by atoms with Crippen molar-refractivity contribution in [3.8, 4) is 0 Å². The first kappa shape index (κ1) is 17.4. The van der Waals surface area contributed by atoms with Gasteiger partial charge in [-0.25, -0.2) is 9.97 Å². The third-order valence-electron chi connectivity index (χ3n) is 3.78. The zero-order valence-corrected chi connectivity index (χ0v) is 15.7. The predicted octanol–water partition coefficient (Wildman–Crippen LogP) is 4.12. The number of thioether (sulfide) groups is 1. The average Bonchev–Trinajstić information content (AvgIpc) is 3.21. The number of carbonyl (C=O) groups is 1. The summed E-state index contributed by atoms with van der Waals surface area (Å²) < 4.78 is 0.774. The standard InChI is InChI=1S/C17H13N5O3S2/c1-9-2-4-11-12(6-9)19-16(18-11)26-8-15(23)21-17-20-13-7-10(22(24)25)3-5-14(13)27-17/h2-7H,8H2,1H3,(H,18,19)(H,20,21,23). The van der Waals surface area contributed by atoms with Gasteiger partial charge in [0, 0.05) is 12.1 Å². The van der Waals surface area contributed by atoms with E-state index < -0.39 is 4.92 Å². The molecule has 0 saturated heterocycles. The Morgan fingerprint density at radius 3 is 2.93 bits per heavy atom. The van der Waals surface area contributed by atoms with Crippen molar-refractivity contribution >= 4 is 61.1 Å². The SMILES string of the molecule is Cc1ccc2nc(SCC(=O)Nc3nc4cc([N+](=O)[O-])ccc4s3)[nH]c2c1. The van der Waals surface area contributed by atoms with Gasteiger partial charge in [0.1, 0.15) is 0 Å². The summed E-state index contributed by atoms with van der Waals surface area (Å²) in [7, 11) is 0. The minimum Gasteiger partial charge on any atom is -0.333 e. The summed E-state index contributed by atoms with van der Waals surface area (Å²) in [5.41, 5.74) is 3.39. The maximum absolute atomic E-state index is 12.2. The van der Waals surface area contributed by atoms with Crippen LogP contribution in [0.15, 0.2) is 41.6 Å². The number of aryl methyl sites for hydroxylation is 1. The molecule has 136 valence electrons. The van der Waals surface area contributed by atoms with Crippen LogP contribution in [0.4, 0.5) is 10.8 Å². The molecule has 1 amide bonds. The van der Waals surface area contributed by atoms with Gasteiger partial charge in [-0.2, -0.15) is 0 Å². The summed E-state index contributed by atoms with van der Waals surface area (Å²) in [6.45, 7) is 2.01. The summed E-state index contributed by atoms with van der Waals surface area (Å²) in [6, 6.07) is 10.4. The summed E-state index contributed by atoms with van der Waals surface area (Å²) in [5.74, 6) is -0.0419. The monoisotopic (exact) mass is 399 g/mol. The van der Waals surface area contributed by atoms with Crippen LogP contribution in [0.25, 0.3) is 21.3 Å². The molecule has 2 N–H and O–H groups in total. The van der Waals surface area contributed by atoms with E-state index in [9.17, 15) is 14.9 Å². The molecule has 10 heteroatoms. The number of nitro benzene ring substituents is 1. The van der Waals surface area contributed by atoms with Crippen LogP contribution in [0.3, 0.4) is 0 Å². The molecule has 2 aromatic heterocycles. The zero-order valence-electron chi connectivity index (χ0n) is 14.1. The maximum atomic E-state index is 12.2. The van der Waals surface area contributed by atoms with Crippen molar-refractivity contribution in [1.29, 1.82) is 0 Å². The second kappa shape index (κ2) is 6.97. The number of nitrogens with zero attached hydrogens (tertiary/aromatic N) is 3. The van der Waals surface area contributed by atoms with Gasteiger partial charge in [0.05, 0.1) is 31.9 Å². The Labute approximate surface area is 161 Å². The smallest absolute Gasteiger partial charge is 0.271 e. The fraction of sp³-hybridized carbons (Fsp3) is 0.118. The van der Waals surface area contributed by atoms with Gasteiger partial charge in [-0.15, -0.1) is 0 Å². The van der Waals surface area contributed by atoms with Crippen molar-refractivity contribution in [1.82, 2.24) is 15.0 Å². The van der Waals surface area contributed by atoms with E-state index in [0.717, 1.165) is 21.3 Å². The highest BCUT2D eigenvalue weighted by Gasteiger charge is 2.13. The number of rotatable bonds is 5. The largest absolute Gasteiger partial charge is 0.333 e. The quantitative estimate of drug-likeness (QED) is 0.296. The average molecular weight is 399 g/mol. The van der Waals surface area contributed by atoms with Crippen LogP contribution >= 0.6 is 23.1 Å². The van der Waals surface area contributed by atoms with Crippen LogP contribution in [0.1, 0.15) is 5.56 Å². The van der Waals surface area contributed by atoms with Crippen LogP contribution in [0, 0.1) is 17.0 Å². The minimum atomic E-state index is -0.470. The summed E-state index contributed by atoms with van der Waals surface area (Å²) in [6.07, 6.45) is 0. The Balaban J connectivity index is 1.42. The van der Waals surface area contributed by atoms with Gasteiger partial charge in [0.15, 0.2) is 10.3 Å². The predicted molar refractivity (Wildman–Crippen MR) is 106 cm³/mol. The topological polar surface area (TPSA) is 114 Å². The van der Waals surface area contributed by atoms with Crippen molar-refractivity contribution in [2.45, 2.75) is 12.1 Å². The molecule has 2 aromatic carbocycles. The van der Waals surface area contributed by atoms with E-state index >= 15 is 0 Å². The lowest BCUT2D eigenvalue weighted by molar-refractivity contribution is -0.384. The number of anilines is 1. The third-order valence-corrected chi connectivity index (χ3v) is 5.61. The normalized spacial score (nSPS) is 11.1. The molecule has 8 nitrogen and oxygen atoms in total. The van der Waals surface area contributed by atoms with E-state index in [1.165, 1.54) is 35.2 Å². The third kappa shape index (κ3) is 3.76. The van der Waals surface area contributed by atoms with Crippen LogP contribution in [0.5, 0.6) is 0 Å². The molecule has 0 aliphatic heterocycles. The van der Waals surface area contributed by atoms with Gasteiger partial charge >= 0.3 is 0 Å². The highest BCUT2D eigenvalue weighted by molar-refractivity contribution is 7.99. The second-order valence-corrected chi connectivity index (χ2v) is 7.82. The molecule has 0 fully saturated rings. The molecule has 0 saturated carbocycles. The minimum absolute atomic E-state index is 0.0265. The molecule has 2 heterocycles. The molecule has 4 rings (SSSR count). The van der Waals surface area contributed by atoms with E-state index in [4.69, 9.17) is 0 Å². The zero-order chi connectivity index (χ0) is 19.0. The fourth-order valence-electron chi connectivity index (χ4n) is 2.54. The molecule has 0 spiro atoms. The van der Waals surface area contributed by atoms with Gasteiger partial charge < -0.3 is 10.3 Å². The number of aromatic nitrogens is 3. The van der Waals surface area contributed by atoms with Crippen molar-refractivity contribution in [3.63, 3.8) is 0 Å². The Morgan fingerprint density at radius 1 is 1.26 bits per heavy atom. The molecule has 0 radical (unpaired) electrons. The summed E-state index contributed by atoms with van der Waals surface area (Å²) in [5, 5.41) is 14.6. The molecule has 0 atom stereocenters. The van der Waals surface area contributed by atoms with Crippen molar-refractivity contribution in [3.05, 3.63) is 52.1 Å². The number of nitro groups is 1. The van der Waals surface area contributed by atoms with Gasteiger partial charge in [-0.3, -0.25) is 14.9 Å². The Hall–Kier alpha value is -2.98. The van der Waals surface area contributed by atoms with Gasteiger partial charge in [0.25, 0.3) is 5.69 Å². The second-order valence-electron chi connectivity index (χ2n) is 5.83. The molecule has 0 bridgehead atoms. The molecular formula is C17H13N5O3S2. The lowest BCUT2D eigenvalue weighted by Crippen LogP contribution is -2.13. The number of carbonyl (C=O) groups excluding carboxylic acids is 1. The highest BCUT2D eigenvalue weighted by atomic mass is 32.2. The Morgan fingerprint density at radius 2 is 2.11 bits per heavy atom. The van der Waals surface area contributed by atoms with Crippen molar-refractivity contribution in [2.75, 3.05) is 11.1 Å². The first-order valence-electron chi connectivity index (χ1n) is 7.92. The molecule has 0 aliphatic rings. The number of aromatic amines is 1. The van der Waals surface area contributed by atoms with Crippen LogP contribution < -0.4 is 5.32 Å². The number of benzene rings is 2. The van der Waals surface area contributed by atoms with E-state index in [0.29, 0.717) is 15.8 Å². The summed E-state index contributed by atoms with van der Waals surface area (Å²) >= 11 is 2.58. The number of hydrogen-bond acceptors (Lipinski definition) is 7. The molecule has 0 unspecified atom stereocenters. The van der Waals surface area contributed by atoms with E-state index in [1.807, 2.05) is 25.1 Å². The van der Waals surface area contributed by atoms with Crippen LogP contribution in [-0.2, 0) is 4.79 Å². The maximum Gasteiger partial charge on any atom is 0.271 e. The number of thiazole rings is 1.